The van der Waals surface area contributed by atoms with E-state index in [0.717, 1.165) is 0 Å². The van der Waals surface area contributed by atoms with Crippen molar-refractivity contribution in [1.29, 1.82) is 0 Å². The number of hydrogen-bond acceptors (Lipinski definition) is 4. The average Bonchev–Trinajstić information content (AvgIpc) is 2.44. The van der Waals surface area contributed by atoms with E-state index in [2.05, 4.69) is 21.5 Å². The lowest BCUT2D eigenvalue weighted by Crippen LogP contribution is -2.47. The molecule has 21 heavy (non-hydrogen) atoms. The fourth-order valence-corrected chi connectivity index (χ4v) is 1.53. The molecule has 0 aliphatic heterocycles. The highest BCUT2D eigenvalue weighted by Gasteiger charge is 2.07. The van der Waals surface area contributed by atoms with Crippen LogP contribution in [0.1, 0.15) is 30.6 Å². The second kappa shape index (κ2) is 7.95. The van der Waals surface area contributed by atoms with Crippen molar-refractivity contribution in [1.82, 2.24) is 16.2 Å². The molecular weight excluding hydrogens is 292 g/mol. The first-order valence-corrected chi connectivity index (χ1v) is 6.61. The first-order chi connectivity index (χ1) is 9.92. The highest BCUT2D eigenvalue weighted by Crippen LogP contribution is 2.09. The highest BCUT2D eigenvalue weighted by molar-refractivity contribution is 7.80. The van der Waals surface area contributed by atoms with Crippen molar-refractivity contribution >= 4 is 40.7 Å². The lowest BCUT2D eigenvalue weighted by Gasteiger charge is -2.10. The molecule has 0 fully saturated rings. The molecule has 0 radical (unpaired) electrons. The fraction of sp³-hybridized carbons (Fsp3) is 0.231. The Morgan fingerprint density at radius 3 is 2.24 bits per heavy atom. The van der Waals surface area contributed by atoms with Crippen LogP contribution in [-0.4, -0.2) is 22.8 Å². The molecule has 0 aromatic heterocycles. The summed E-state index contributed by atoms with van der Waals surface area (Å²) in [5.74, 6) is -0.858. The normalized spacial score (nSPS) is 9.43. The van der Waals surface area contributed by atoms with Gasteiger partial charge in [-0.2, -0.15) is 0 Å². The Kier molecular flexibility index (Phi) is 6.28. The Hall–Kier alpha value is -2.48. The van der Waals surface area contributed by atoms with Crippen molar-refractivity contribution in [3.05, 3.63) is 29.8 Å². The summed E-state index contributed by atoms with van der Waals surface area (Å²) < 4.78 is 0. The van der Waals surface area contributed by atoms with Crippen LogP contribution < -0.4 is 21.5 Å². The molecule has 0 heterocycles. The summed E-state index contributed by atoms with van der Waals surface area (Å²) in [6, 6.07) is 6.36. The van der Waals surface area contributed by atoms with Crippen LogP contribution in [0.15, 0.2) is 24.3 Å². The molecule has 0 atom stereocenters. The van der Waals surface area contributed by atoms with Crippen molar-refractivity contribution in [2.24, 2.45) is 0 Å². The Bertz CT molecular complexity index is 557. The van der Waals surface area contributed by atoms with Gasteiger partial charge in [-0.1, -0.05) is 6.92 Å². The number of carbonyl (C=O) groups is 3. The van der Waals surface area contributed by atoms with E-state index in [1.54, 1.807) is 31.2 Å². The number of nitrogens with one attached hydrogen (secondary N) is 4. The molecule has 4 N–H and O–H groups in total. The smallest absolute Gasteiger partial charge is 0.269 e. The number of rotatable bonds is 3. The van der Waals surface area contributed by atoms with Gasteiger partial charge in [0.15, 0.2) is 5.11 Å². The predicted molar refractivity (Wildman–Crippen MR) is 82.4 cm³/mol. The number of amides is 3. The zero-order valence-corrected chi connectivity index (χ0v) is 12.5. The second-order valence-corrected chi connectivity index (χ2v) is 4.48. The molecule has 8 heteroatoms. The van der Waals surface area contributed by atoms with Gasteiger partial charge >= 0.3 is 0 Å². The topological polar surface area (TPSA) is 99.3 Å². The Morgan fingerprint density at radius 2 is 1.71 bits per heavy atom. The minimum Gasteiger partial charge on any atom is -0.326 e. The summed E-state index contributed by atoms with van der Waals surface area (Å²) in [6.45, 7) is 3.06. The molecule has 0 bridgehead atoms. The quantitative estimate of drug-likeness (QED) is 0.486. The van der Waals surface area contributed by atoms with Crippen LogP contribution in [0.3, 0.4) is 0 Å². The lowest BCUT2D eigenvalue weighted by atomic mass is 10.2. The predicted octanol–water partition coefficient (Wildman–Crippen LogP) is 0.690. The van der Waals surface area contributed by atoms with E-state index in [0.29, 0.717) is 17.7 Å². The van der Waals surface area contributed by atoms with Gasteiger partial charge < -0.3 is 10.6 Å². The minimum absolute atomic E-state index is 0.00248. The molecule has 0 saturated heterocycles. The molecule has 0 aliphatic carbocycles. The van der Waals surface area contributed by atoms with Gasteiger partial charge in [-0.25, -0.2) is 0 Å². The van der Waals surface area contributed by atoms with E-state index >= 15 is 0 Å². The van der Waals surface area contributed by atoms with Crippen molar-refractivity contribution < 1.29 is 14.4 Å². The largest absolute Gasteiger partial charge is 0.326 e. The van der Waals surface area contributed by atoms with E-state index < -0.39 is 5.91 Å². The molecule has 1 rings (SSSR count). The zero-order chi connectivity index (χ0) is 15.8. The maximum absolute atomic E-state index is 11.8. The molecule has 1 aromatic rings. The van der Waals surface area contributed by atoms with Gasteiger partial charge in [-0.3, -0.25) is 25.2 Å². The van der Waals surface area contributed by atoms with Gasteiger partial charge in [0, 0.05) is 24.6 Å². The Labute approximate surface area is 127 Å². The molecule has 0 saturated carbocycles. The van der Waals surface area contributed by atoms with Gasteiger partial charge in [0.25, 0.3) is 5.91 Å². The summed E-state index contributed by atoms with van der Waals surface area (Å²) in [5.41, 5.74) is 5.73. The van der Waals surface area contributed by atoms with Gasteiger partial charge in [-0.05, 0) is 36.5 Å². The van der Waals surface area contributed by atoms with Crippen molar-refractivity contribution in [2.45, 2.75) is 20.3 Å². The molecule has 0 unspecified atom stereocenters. The summed E-state index contributed by atoms with van der Waals surface area (Å²) in [4.78, 5) is 33.7. The van der Waals surface area contributed by atoms with Crippen LogP contribution in [0, 0.1) is 0 Å². The van der Waals surface area contributed by atoms with Crippen LogP contribution in [0.5, 0.6) is 0 Å². The number of hydrogen-bond donors (Lipinski definition) is 4. The standard InChI is InChI=1S/C13H16N4O3S/c1-3-11(19)15-10-6-4-9(5-7-10)12(20)16-17-13(21)14-8(2)18/h4-7H,3H2,1-2H3,(H,15,19)(H,16,20)(H2,14,17,18,21). The van der Waals surface area contributed by atoms with Crippen LogP contribution in [0.2, 0.25) is 0 Å². The Morgan fingerprint density at radius 1 is 1.10 bits per heavy atom. The molecule has 3 amide bonds. The third-order valence-electron chi connectivity index (χ3n) is 2.33. The molecule has 0 spiro atoms. The molecule has 0 aliphatic rings. The molecule has 7 nitrogen and oxygen atoms in total. The third-order valence-corrected chi connectivity index (χ3v) is 2.54. The molecule has 112 valence electrons. The summed E-state index contributed by atoms with van der Waals surface area (Å²) in [7, 11) is 0. The SMILES string of the molecule is CCC(=O)Nc1ccc(C(=O)NNC(=S)NC(C)=O)cc1. The van der Waals surface area contributed by atoms with Crippen molar-refractivity contribution in [3.8, 4) is 0 Å². The van der Waals surface area contributed by atoms with Crippen LogP contribution in [-0.2, 0) is 9.59 Å². The second-order valence-electron chi connectivity index (χ2n) is 4.07. The van der Waals surface area contributed by atoms with E-state index in [1.807, 2.05) is 0 Å². The van der Waals surface area contributed by atoms with Gasteiger partial charge in [0.1, 0.15) is 0 Å². The van der Waals surface area contributed by atoms with Crippen molar-refractivity contribution in [3.63, 3.8) is 0 Å². The highest BCUT2D eigenvalue weighted by atomic mass is 32.1. The number of anilines is 1. The zero-order valence-electron chi connectivity index (χ0n) is 11.6. The number of carbonyl (C=O) groups excluding carboxylic acids is 3. The summed E-state index contributed by atoms with van der Waals surface area (Å²) in [5, 5.41) is 4.98. The van der Waals surface area contributed by atoms with Crippen molar-refractivity contribution in [2.75, 3.05) is 5.32 Å². The van der Waals surface area contributed by atoms with E-state index in [-0.39, 0.29) is 16.9 Å². The van der Waals surface area contributed by atoms with Crippen LogP contribution in [0.4, 0.5) is 5.69 Å². The molecule has 1 aromatic carbocycles. The number of hydrazine groups is 1. The number of thiocarbonyl (C=S) groups is 1. The minimum atomic E-state index is -0.420. The summed E-state index contributed by atoms with van der Waals surface area (Å²) in [6.07, 6.45) is 0.382. The van der Waals surface area contributed by atoms with Crippen LogP contribution >= 0.6 is 12.2 Å². The number of benzene rings is 1. The first-order valence-electron chi connectivity index (χ1n) is 6.20. The Balaban J connectivity index is 2.53. The van der Waals surface area contributed by atoms with Gasteiger partial charge in [-0.15, -0.1) is 0 Å². The van der Waals surface area contributed by atoms with Gasteiger partial charge in [0.05, 0.1) is 0 Å². The fourth-order valence-electron chi connectivity index (χ4n) is 1.33. The van der Waals surface area contributed by atoms with Gasteiger partial charge in [0.2, 0.25) is 11.8 Å². The third kappa shape index (κ3) is 6.00. The van der Waals surface area contributed by atoms with E-state index in [4.69, 9.17) is 12.2 Å². The average molecular weight is 308 g/mol. The van der Waals surface area contributed by atoms with E-state index in [1.165, 1.54) is 6.92 Å². The monoisotopic (exact) mass is 308 g/mol. The van der Waals surface area contributed by atoms with E-state index in [9.17, 15) is 14.4 Å². The lowest BCUT2D eigenvalue weighted by molar-refractivity contribution is -0.117. The van der Waals surface area contributed by atoms with Crippen LogP contribution in [0.25, 0.3) is 0 Å². The first kappa shape index (κ1) is 16.6. The maximum atomic E-state index is 11.8. The molecular formula is C13H16N4O3S. The maximum Gasteiger partial charge on any atom is 0.269 e. The summed E-state index contributed by atoms with van der Waals surface area (Å²) >= 11 is 4.77.